The Labute approximate surface area is 260 Å². The third-order valence-electron chi connectivity index (χ3n) is 8.75. The van der Waals surface area contributed by atoms with Crippen molar-refractivity contribution >= 4 is 23.6 Å². The fraction of sp³-hybridized carbons (Fsp3) is 0.400. The number of fused-ring (bicyclic) bond motifs is 1. The summed E-state index contributed by atoms with van der Waals surface area (Å²) in [6.45, 7) is 6.65. The average molecular weight is 599 g/mol. The van der Waals surface area contributed by atoms with Crippen LogP contribution in [0.5, 0.6) is 0 Å². The molecule has 0 saturated carbocycles. The zero-order chi connectivity index (χ0) is 31.1. The molecule has 3 aromatic carbocycles. The number of benzene rings is 3. The van der Waals surface area contributed by atoms with Gasteiger partial charge in [-0.3, -0.25) is 24.7 Å². The largest absolute Gasteiger partial charge is 0.446 e. The van der Waals surface area contributed by atoms with Crippen LogP contribution in [0.4, 0.5) is 10.5 Å². The van der Waals surface area contributed by atoms with Crippen LogP contribution in [0, 0.1) is 0 Å². The topological polar surface area (TPSA) is 82.2 Å². The molecule has 3 aromatic rings. The fourth-order valence-corrected chi connectivity index (χ4v) is 5.79. The van der Waals surface area contributed by atoms with Gasteiger partial charge in [0.1, 0.15) is 6.10 Å². The SMILES string of the molecule is CN(CCN1CCC(OC(=O)Nc2ccccc2-c2ccccc2)CC1)CC[N+](C)(C)CCN1C(=O)c2ccccc2C1=O. The van der Waals surface area contributed by atoms with Crippen LogP contribution >= 0.6 is 0 Å². The summed E-state index contributed by atoms with van der Waals surface area (Å²) in [5, 5.41) is 2.95. The average Bonchev–Trinajstić information content (AvgIpc) is 3.28. The lowest BCUT2D eigenvalue weighted by Crippen LogP contribution is -2.50. The molecule has 1 N–H and O–H groups in total. The number of piperidine rings is 1. The Morgan fingerprint density at radius 1 is 0.818 bits per heavy atom. The zero-order valence-corrected chi connectivity index (χ0v) is 26.1. The predicted octanol–water partition coefficient (Wildman–Crippen LogP) is 4.67. The molecule has 0 bridgehead atoms. The number of quaternary nitrogens is 1. The summed E-state index contributed by atoms with van der Waals surface area (Å²) in [7, 11) is 6.43. The molecule has 9 heteroatoms. The summed E-state index contributed by atoms with van der Waals surface area (Å²) in [6, 6.07) is 24.8. The second kappa shape index (κ2) is 14.2. The highest BCUT2D eigenvalue weighted by Crippen LogP contribution is 2.28. The number of nitrogens with one attached hydrogen (secondary N) is 1. The van der Waals surface area contributed by atoms with Crippen molar-refractivity contribution in [1.82, 2.24) is 14.7 Å². The molecule has 5 rings (SSSR count). The summed E-state index contributed by atoms with van der Waals surface area (Å²) in [4.78, 5) is 44.3. The third-order valence-corrected chi connectivity index (χ3v) is 8.75. The van der Waals surface area contributed by atoms with Crippen molar-refractivity contribution < 1.29 is 23.6 Å². The third kappa shape index (κ3) is 7.91. The number of likely N-dealkylation sites (tertiary alicyclic amines) is 1. The van der Waals surface area contributed by atoms with Gasteiger partial charge in [-0.2, -0.15) is 0 Å². The van der Waals surface area contributed by atoms with E-state index in [4.69, 9.17) is 4.74 Å². The van der Waals surface area contributed by atoms with Gasteiger partial charge in [-0.15, -0.1) is 0 Å². The Morgan fingerprint density at radius 3 is 2.07 bits per heavy atom. The molecule has 1 fully saturated rings. The second-order valence-electron chi connectivity index (χ2n) is 12.5. The van der Waals surface area contributed by atoms with Crippen molar-refractivity contribution in [3.63, 3.8) is 0 Å². The lowest BCUT2D eigenvalue weighted by molar-refractivity contribution is -0.889. The van der Waals surface area contributed by atoms with Gasteiger partial charge in [-0.25, -0.2) is 4.79 Å². The van der Waals surface area contributed by atoms with Gasteiger partial charge in [0, 0.05) is 38.3 Å². The van der Waals surface area contributed by atoms with Crippen molar-refractivity contribution in [3.8, 4) is 11.1 Å². The van der Waals surface area contributed by atoms with Crippen molar-refractivity contribution in [2.75, 3.05) is 78.8 Å². The molecule has 3 amide bonds. The van der Waals surface area contributed by atoms with E-state index in [0.29, 0.717) is 24.2 Å². The predicted molar refractivity (Wildman–Crippen MR) is 173 cm³/mol. The number of rotatable bonds is 12. The van der Waals surface area contributed by atoms with Crippen LogP contribution < -0.4 is 5.32 Å². The molecule has 0 radical (unpaired) electrons. The van der Waals surface area contributed by atoms with Gasteiger partial charge in [0.2, 0.25) is 0 Å². The van der Waals surface area contributed by atoms with E-state index < -0.39 is 6.09 Å². The number of ether oxygens (including phenoxy) is 1. The van der Waals surface area contributed by atoms with Gasteiger partial charge in [-0.1, -0.05) is 60.7 Å². The summed E-state index contributed by atoms with van der Waals surface area (Å²) in [6.07, 6.45) is 1.14. The van der Waals surface area contributed by atoms with E-state index in [2.05, 4.69) is 36.3 Å². The highest BCUT2D eigenvalue weighted by molar-refractivity contribution is 6.21. The minimum atomic E-state index is -0.407. The summed E-state index contributed by atoms with van der Waals surface area (Å²) >= 11 is 0. The smallest absolute Gasteiger partial charge is 0.411 e. The van der Waals surface area contributed by atoms with Crippen LogP contribution in [-0.4, -0.2) is 117 Å². The van der Waals surface area contributed by atoms with E-state index >= 15 is 0 Å². The van der Waals surface area contributed by atoms with Gasteiger partial charge >= 0.3 is 6.09 Å². The first-order chi connectivity index (χ1) is 21.2. The highest BCUT2D eigenvalue weighted by atomic mass is 16.6. The first kappa shape index (κ1) is 31.4. The quantitative estimate of drug-likeness (QED) is 0.241. The summed E-state index contributed by atoms with van der Waals surface area (Å²) < 4.78 is 6.51. The Balaban J connectivity index is 0.985. The Hall–Kier alpha value is -4.05. The zero-order valence-electron chi connectivity index (χ0n) is 26.1. The van der Waals surface area contributed by atoms with Gasteiger partial charge in [0.25, 0.3) is 11.8 Å². The molecule has 2 aliphatic rings. The molecule has 2 heterocycles. The number of nitrogens with zero attached hydrogens (tertiary/aromatic N) is 4. The maximum atomic E-state index is 12.7. The van der Waals surface area contributed by atoms with Crippen molar-refractivity contribution in [1.29, 1.82) is 0 Å². The van der Waals surface area contributed by atoms with Crippen LogP contribution in [-0.2, 0) is 4.74 Å². The monoisotopic (exact) mass is 598 g/mol. The lowest BCUT2D eigenvalue weighted by Gasteiger charge is -2.34. The molecule has 0 unspecified atom stereocenters. The van der Waals surface area contributed by atoms with E-state index in [1.165, 1.54) is 4.90 Å². The molecule has 9 nitrogen and oxygen atoms in total. The number of carbonyl (C=O) groups excluding carboxylic acids is 3. The number of carbonyl (C=O) groups is 3. The Bertz CT molecular complexity index is 1420. The molecule has 44 heavy (non-hydrogen) atoms. The van der Waals surface area contributed by atoms with Crippen molar-refractivity contribution in [3.05, 3.63) is 90.0 Å². The van der Waals surface area contributed by atoms with Gasteiger partial charge in [0.15, 0.2) is 0 Å². The second-order valence-corrected chi connectivity index (χ2v) is 12.5. The van der Waals surface area contributed by atoms with Crippen LogP contribution in [0.1, 0.15) is 33.6 Å². The van der Waals surface area contributed by atoms with Gasteiger partial charge < -0.3 is 14.1 Å². The molecule has 0 spiro atoms. The van der Waals surface area contributed by atoms with Crippen LogP contribution in [0.15, 0.2) is 78.9 Å². The first-order valence-electron chi connectivity index (χ1n) is 15.5. The van der Waals surface area contributed by atoms with Gasteiger partial charge in [-0.05, 0) is 43.7 Å². The first-order valence-corrected chi connectivity index (χ1v) is 15.5. The molecule has 0 aromatic heterocycles. The molecule has 0 aliphatic carbocycles. The van der Waals surface area contributed by atoms with E-state index in [1.54, 1.807) is 24.3 Å². The molecule has 2 aliphatic heterocycles. The standard InChI is InChI=1S/C35H43N5O4/c1-37(23-25-40(2,3)26-24-39-33(41)30-14-7-8-15-31(30)34(39)42)21-22-38-19-17-28(18-20-38)44-35(43)36-32-16-10-9-13-29(32)27-11-5-4-6-12-27/h4-16,28H,17-26H2,1-3H3/p+1. The molecular formula is C35H44N5O4+. The van der Waals surface area contributed by atoms with Crippen LogP contribution in [0.25, 0.3) is 11.1 Å². The number of likely N-dealkylation sites (N-methyl/N-ethyl adjacent to an activating group) is 2. The lowest BCUT2D eigenvalue weighted by atomic mass is 10.0. The number of hydrogen-bond acceptors (Lipinski definition) is 6. The summed E-state index contributed by atoms with van der Waals surface area (Å²) in [5.41, 5.74) is 3.77. The minimum Gasteiger partial charge on any atom is -0.446 e. The molecule has 232 valence electrons. The van der Waals surface area contributed by atoms with Crippen LogP contribution in [0.2, 0.25) is 0 Å². The van der Waals surface area contributed by atoms with E-state index in [0.717, 1.165) is 73.4 Å². The number of para-hydroxylation sites is 1. The minimum absolute atomic E-state index is 0.0897. The number of amides is 3. The van der Waals surface area contributed by atoms with Gasteiger partial charge in [0.05, 0.1) is 50.5 Å². The van der Waals surface area contributed by atoms with Crippen LogP contribution in [0.3, 0.4) is 0 Å². The molecule has 0 atom stereocenters. The molecule has 1 saturated heterocycles. The Morgan fingerprint density at radius 2 is 1.41 bits per heavy atom. The Kier molecular flexibility index (Phi) is 10.1. The highest BCUT2D eigenvalue weighted by Gasteiger charge is 2.36. The maximum absolute atomic E-state index is 12.7. The molecular weight excluding hydrogens is 554 g/mol. The van der Waals surface area contributed by atoms with Crippen molar-refractivity contribution in [2.24, 2.45) is 0 Å². The van der Waals surface area contributed by atoms with E-state index in [-0.39, 0.29) is 17.9 Å². The number of anilines is 1. The van der Waals surface area contributed by atoms with E-state index in [1.807, 2.05) is 54.6 Å². The summed E-state index contributed by atoms with van der Waals surface area (Å²) in [5.74, 6) is -0.378. The normalized spacial score (nSPS) is 16.0. The van der Waals surface area contributed by atoms with E-state index in [9.17, 15) is 14.4 Å². The maximum Gasteiger partial charge on any atom is 0.411 e. The number of hydrogen-bond donors (Lipinski definition) is 1. The van der Waals surface area contributed by atoms with Crippen molar-refractivity contribution in [2.45, 2.75) is 18.9 Å². The fourth-order valence-electron chi connectivity index (χ4n) is 5.79. The number of imide groups is 1.